The summed E-state index contributed by atoms with van der Waals surface area (Å²) in [6.07, 6.45) is 0. The molecule has 5 heteroatoms. The summed E-state index contributed by atoms with van der Waals surface area (Å²) in [4.78, 5) is 4.35. The third kappa shape index (κ3) is 2.79. The van der Waals surface area contributed by atoms with Crippen molar-refractivity contribution in [3.05, 3.63) is 60.0 Å². The van der Waals surface area contributed by atoms with Gasteiger partial charge >= 0.3 is 0 Å². The Labute approximate surface area is 120 Å². The maximum Gasteiger partial charge on any atom is 0.197 e. The highest BCUT2D eigenvalue weighted by Crippen LogP contribution is 2.27. The van der Waals surface area contributed by atoms with Gasteiger partial charge in [0.2, 0.25) is 0 Å². The zero-order valence-electron chi connectivity index (χ0n) is 10.6. The van der Waals surface area contributed by atoms with Crippen LogP contribution < -0.4 is 16.0 Å². The standard InChI is InChI=1S/C15H13N3OS/c16-18-15-17-14(10-20-15)11-6-8-13(9-7-11)19-12-4-2-1-3-5-12/h1-10H,16H2,(H,17,18). The fourth-order valence-corrected chi connectivity index (χ4v) is 2.42. The molecule has 3 aromatic rings. The fraction of sp³-hybridized carbons (Fsp3) is 0. The Bertz CT molecular complexity index is 680. The molecule has 0 aliphatic carbocycles. The molecular weight excluding hydrogens is 270 g/mol. The number of hydrogen-bond acceptors (Lipinski definition) is 5. The van der Waals surface area contributed by atoms with E-state index in [4.69, 9.17) is 10.6 Å². The van der Waals surface area contributed by atoms with E-state index < -0.39 is 0 Å². The molecule has 0 saturated carbocycles. The smallest absolute Gasteiger partial charge is 0.197 e. The number of thiazole rings is 1. The van der Waals surface area contributed by atoms with E-state index in [2.05, 4.69) is 10.4 Å². The second kappa shape index (κ2) is 5.73. The van der Waals surface area contributed by atoms with Gasteiger partial charge in [-0.25, -0.2) is 10.8 Å². The van der Waals surface area contributed by atoms with E-state index in [0.29, 0.717) is 5.13 Å². The first-order valence-corrected chi connectivity index (χ1v) is 6.98. The molecule has 0 radical (unpaired) electrons. The van der Waals surface area contributed by atoms with Gasteiger partial charge < -0.3 is 4.74 Å². The summed E-state index contributed by atoms with van der Waals surface area (Å²) in [6.45, 7) is 0. The molecule has 1 aromatic heterocycles. The predicted molar refractivity (Wildman–Crippen MR) is 81.9 cm³/mol. The lowest BCUT2D eigenvalue weighted by Gasteiger charge is -2.05. The number of hydrazine groups is 1. The molecule has 0 amide bonds. The third-order valence-electron chi connectivity index (χ3n) is 2.76. The van der Waals surface area contributed by atoms with E-state index in [-0.39, 0.29) is 0 Å². The van der Waals surface area contributed by atoms with Crippen LogP contribution in [0.4, 0.5) is 5.13 Å². The van der Waals surface area contributed by atoms with Gasteiger partial charge in [0.1, 0.15) is 11.5 Å². The Hall–Kier alpha value is -2.37. The van der Waals surface area contributed by atoms with Crippen LogP contribution in [-0.4, -0.2) is 4.98 Å². The topological polar surface area (TPSA) is 60.2 Å². The van der Waals surface area contributed by atoms with Gasteiger partial charge in [0.25, 0.3) is 0 Å². The van der Waals surface area contributed by atoms with Crippen molar-refractivity contribution in [2.75, 3.05) is 5.43 Å². The van der Waals surface area contributed by atoms with Crippen molar-refractivity contribution in [2.45, 2.75) is 0 Å². The molecule has 0 unspecified atom stereocenters. The largest absolute Gasteiger partial charge is 0.457 e. The lowest BCUT2D eigenvalue weighted by Crippen LogP contribution is -2.05. The molecule has 0 fully saturated rings. The predicted octanol–water partition coefficient (Wildman–Crippen LogP) is 3.89. The Morgan fingerprint density at radius 2 is 1.65 bits per heavy atom. The molecule has 1 heterocycles. The van der Waals surface area contributed by atoms with Crippen LogP contribution in [-0.2, 0) is 0 Å². The molecule has 2 aromatic carbocycles. The summed E-state index contributed by atoms with van der Waals surface area (Å²) in [5, 5.41) is 2.66. The van der Waals surface area contributed by atoms with Crippen molar-refractivity contribution in [3.8, 4) is 22.8 Å². The van der Waals surface area contributed by atoms with Crippen molar-refractivity contribution in [1.29, 1.82) is 0 Å². The highest BCUT2D eigenvalue weighted by Gasteiger charge is 2.04. The number of nitrogens with two attached hydrogens (primary N) is 1. The number of anilines is 1. The molecule has 3 N–H and O–H groups in total. The zero-order valence-corrected chi connectivity index (χ0v) is 11.4. The zero-order chi connectivity index (χ0) is 13.8. The lowest BCUT2D eigenvalue weighted by atomic mass is 10.2. The number of aromatic nitrogens is 1. The highest BCUT2D eigenvalue weighted by atomic mass is 32.1. The van der Waals surface area contributed by atoms with Crippen LogP contribution in [0.1, 0.15) is 0 Å². The van der Waals surface area contributed by atoms with Crippen molar-refractivity contribution >= 4 is 16.5 Å². The van der Waals surface area contributed by atoms with Gasteiger partial charge in [-0.15, -0.1) is 11.3 Å². The highest BCUT2D eigenvalue weighted by molar-refractivity contribution is 7.14. The number of rotatable bonds is 4. The maximum absolute atomic E-state index is 5.75. The van der Waals surface area contributed by atoms with Crippen molar-refractivity contribution in [1.82, 2.24) is 4.98 Å². The second-order valence-electron chi connectivity index (χ2n) is 4.12. The van der Waals surface area contributed by atoms with Crippen LogP contribution in [0, 0.1) is 0 Å². The normalized spacial score (nSPS) is 10.2. The molecule has 20 heavy (non-hydrogen) atoms. The summed E-state index contributed by atoms with van der Waals surface area (Å²) < 4.78 is 5.75. The fourth-order valence-electron chi connectivity index (χ4n) is 1.79. The minimum absolute atomic E-state index is 0.699. The van der Waals surface area contributed by atoms with Gasteiger partial charge in [0.05, 0.1) is 5.69 Å². The number of hydrogen-bond donors (Lipinski definition) is 2. The molecule has 0 atom stereocenters. The molecule has 0 aliphatic rings. The van der Waals surface area contributed by atoms with Crippen LogP contribution in [0.3, 0.4) is 0 Å². The lowest BCUT2D eigenvalue weighted by molar-refractivity contribution is 0.483. The number of nitrogens with one attached hydrogen (secondary N) is 1. The summed E-state index contributed by atoms with van der Waals surface area (Å²) in [7, 11) is 0. The third-order valence-corrected chi connectivity index (χ3v) is 3.53. The molecule has 4 nitrogen and oxygen atoms in total. The molecule has 100 valence electrons. The second-order valence-corrected chi connectivity index (χ2v) is 4.98. The molecule has 0 spiro atoms. The Balaban J connectivity index is 1.77. The van der Waals surface area contributed by atoms with Crippen LogP contribution >= 0.6 is 11.3 Å². The van der Waals surface area contributed by atoms with E-state index in [1.54, 1.807) is 0 Å². The van der Waals surface area contributed by atoms with Crippen LogP contribution in [0.5, 0.6) is 11.5 Å². The minimum atomic E-state index is 0.699. The number of nitrogens with zero attached hydrogens (tertiary/aromatic N) is 1. The van der Waals surface area contributed by atoms with E-state index >= 15 is 0 Å². The average Bonchev–Trinajstić information content (AvgIpc) is 2.98. The molecule has 0 bridgehead atoms. The van der Waals surface area contributed by atoms with E-state index in [9.17, 15) is 0 Å². The molecule has 0 saturated heterocycles. The first-order chi connectivity index (χ1) is 9.85. The molecule has 0 aliphatic heterocycles. The minimum Gasteiger partial charge on any atom is -0.457 e. The van der Waals surface area contributed by atoms with E-state index in [0.717, 1.165) is 22.8 Å². The summed E-state index contributed by atoms with van der Waals surface area (Å²) in [5.74, 6) is 6.95. The van der Waals surface area contributed by atoms with Gasteiger partial charge in [-0.3, -0.25) is 5.43 Å². The summed E-state index contributed by atoms with van der Waals surface area (Å²) in [6, 6.07) is 17.5. The van der Waals surface area contributed by atoms with E-state index in [1.165, 1.54) is 11.3 Å². The molecular formula is C15H13N3OS. The maximum atomic E-state index is 5.75. The number of benzene rings is 2. The van der Waals surface area contributed by atoms with Crippen molar-refractivity contribution in [2.24, 2.45) is 5.84 Å². The van der Waals surface area contributed by atoms with Gasteiger partial charge in [-0.2, -0.15) is 0 Å². The summed E-state index contributed by atoms with van der Waals surface area (Å²) >= 11 is 1.47. The van der Waals surface area contributed by atoms with Crippen LogP contribution in [0.15, 0.2) is 60.0 Å². The first kappa shape index (κ1) is 12.7. The van der Waals surface area contributed by atoms with Crippen molar-refractivity contribution in [3.63, 3.8) is 0 Å². The van der Waals surface area contributed by atoms with Crippen LogP contribution in [0.2, 0.25) is 0 Å². The Kier molecular flexibility index (Phi) is 3.62. The Morgan fingerprint density at radius 1 is 0.950 bits per heavy atom. The van der Waals surface area contributed by atoms with Crippen LogP contribution in [0.25, 0.3) is 11.3 Å². The van der Waals surface area contributed by atoms with Gasteiger partial charge in [0.15, 0.2) is 5.13 Å². The van der Waals surface area contributed by atoms with Crippen molar-refractivity contribution < 1.29 is 4.74 Å². The SMILES string of the molecule is NNc1nc(-c2ccc(Oc3ccccc3)cc2)cs1. The number of nitrogen functional groups attached to an aromatic ring is 1. The number of ether oxygens (including phenoxy) is 1. The first-order valence-electron chi connectivity index (χ1n) is 6.10. The quantitative estimate of drug-likeness (QED) is 0.563. The van der Waals surface area contributed by atoms with E-state index in [1.807, 2.05) is 60.0 Å². The summed E-state index contributed by atoms with van der Waals surface area (Å²) in [5.41, 5.74) is 4.47. The number of para-hydroxylation sites is 1. The van der Waals surface area contributed by atoms with Gasteiger partial charge in [0, 0.05) is 10.9 Å². The molecule has 3 rings (SSSR count). The van der Waals surface area contributed by atoms with Gasteiger partial charge in [-0.1, -0.05) is 18.2 Å². The monoisotopic (exact) mass is 283 g/mol. The average molecular weight is 283 g/mol. The Morgan fingerprint density at radius 3 is 2.30 bits per heavy atom. The van der Waals surface area contributed by atoms with Gasteiger partial charge in [-0.05, 0) is 36.4 Å².